The van der Waals surface area contributed by atoms with Crippen LogP contribution in [-0.4, -0.2) is 11.4 Å². The van der Waals surface area contributed by atoms with Gasteiger partial charge >= 0.3 is 29.6 Å². The molecular weight excluding hydrogens is 506 g/mol. The fourth-order valence-electron chi connectivity index (χ4n) is 5.57. The Kier molecular flexibility index (Phi) is 9.69. The van der Waals surface area contributed by atoms with E-state index in [2.05, 4.69) is 60.7 Å². The molecule has 0 saturated heterocycles. The van der Waals surface area contributed by atoms with E-state index in [-0.39, 0.29) is 40.8 Å². The molecule has 1 unspecified atom stereocenters. The summed E-state index contributed by atoms with van der Waals surface area (Å²) >= 11 is 0. The number of benzene rings is 3. The molecule has 0 fully saturated rings. The Balaban J connectivity index is 0.000000199. The van der Waals surface area contributed by atoms with Crippen LogP contribution < -0.4 is 45.3 Å². The van der Waals surface area contributed by atoms with Crippen LogP contribution in [0.1, 0.15) is 68.8 Å². The van der Waals surface area contributed by atoms with Crippen LogP contribution in [0, 0.1) is 5.41 Å². The van der Waals surface area contributed by atoms with Crippen molar-refractivity contribution in [3.05, 3.63) is 125 Å². The first-order chi connectivity index (χ1) is 18.3. The molecule has 0 aromatic heterocycles. The largest absolute Gasteiger partial charge is 1.00 e. The van der Waals surface area contributed by atoms with Gasteiger partial charge in [-0.25, -0.2) is 0 Å². The smallest absolute Gasteiger partial charge is 0.846 e. The minimum absolute atomic E-state index is 0. The fourth-order valence-corrected chi connectivity index (χ4v) is 8.10. The molecule has 3 aromatic rings. The minimum atomic E-state index is -1.05. The Morgan fingerprint density at radius 1 is 0.744 bits per heavy atom. The van der Waals surface area contributed by atoms with Crippen LogP contribution in [-0.2, 0) is 0 Å². The van der Waals surface area contributed by atoms with Gasteiger partial charge in [-0.2, -0.15) is 0 Å². The predicted molar refractivity (Wildman–Crippen MR) is 159 cm³/mol. The van der Waals surface area contributed by atoms with Gasteiger partial charge in [0.2, 0.25) is 0 Å². The van der Waals surface area contributed by atoms with Gasteiger partial charge in [-0.1, -0.05) is 130 Å². The van der Waals surface area contributed by atoms with Gasteiger partial charge in [0.25, 0.3) is 0 Å². The Bertz CT molecular complexity index is 1360. The number of hydrogen-bond acceptors (Lipinski definition) is 2. The molecule has 0 amide bonds. The number of carbonyl (C=O) groups excluding carboxylic acids is 1. The molecule has 0 radical (unpaired) electrons. The monoisotopic (exact) mass is 542 g/mol. The summed E-state index contributed by atoms with van der Waals surface area (Å²) in [4.78, 5) is 12.0. The molecule has 3 aliphatic carbocycles. The van der Waals surface area contributed by atoms with E-state index in [1.54, 1.807) is 0 Å². The van der Waals surface area contributed by atoms with Gasteiger partial charge < -0.3 is 5.11 Å². The number of carbonyl (C=O) groups is 1. The molecule has 6 rings (SSSR count). The van der Waals surface area contributed by atoms with Gasteiger partial charge in [-0.3, -0.25) is 4.79 Å². The molecule has 0 heterocycles. The summed E-state index contributed by atoms with van der Waals surface area (Å²) in [6.07, 6.45) is 11.0. The summed E-state index contributed by atoms with van der Waals surface area (Å²) < 4.78 is 0. The topological polar surface area (TPSA) is 40.1 Å². The van der Waals surface area contributed by atoms with Crippen LogP contribution in [0.3, 0.4) is 0 Å². The molecule has 1 atom stereocenters. The normalized spacial score (nSPS) is 19.9. The zero-order valence-electron chi connectivity index (χ0n) is 23.6. The average molecular weight is 543 g/mol. The molecule has 194 valence electrons. The number of ketones is 1. The molecule has 3 aliphatic rings. The first-order valence-electron chi connectivity index (χ1n) is 13.6. The zero-order valence-corrected chi connectivity index (χ0v) is 26.5. The SMILES string of the molecule is CC(C)(C)C1([O-])C=CC=C(P(c2ccccc2)c2ccccc2)C1.O=C1C2=C(CCCC2)c2ccccc21.[Na+]. The van der Waals surface area contributed by atoms with E-state index >= 15 is 0 Å². The van der Waals surface area contributed by atoms with E-state index < -0.39 is 13.5 Å². The molecule has 39 heavy (non-hydrogen) atoms. The van der Waals surface area contributed by atoms with Gasteiger partial charge in [-0.15, -0.1) is 0 Å². The Morgan fingerprint density at radius 3 is 1.82 bits per heavy atom. The number of hydrogen-bond donors (Lipinski definition) is 0. The van der Waals surface area contributed by atoms with E-state index in [1.807, 2.05) is 63.3 Å². The summed E-state index contributed by atoms with van der Waals surface area (Å²) in [5.74, 6) is 0.287. The maximum Gasteiger partial charge on any atom is 1.00 e. The number of rotatable bonds is 3. The van der Waals surface area contributed by atoms with Crippen molar-refractivity contribution in [3.8, 4) is 0 Å². The molecular formula is C35H36NaO2P. The van der Waals surface area contributed by atoms with Crippen LogP contribution in [0.5, 0.6) is 0 Å². The van der Waals surface area contributed by atoms with E-state index in [0.29, 0.717) is 6.42 Å². The van der Waals surface area contributed by atoms with Crippen molar-refractivity contribution in [1.29, 1.82) is 0 Å². The first-order valence-corrected chi connectivity index (χ1v) is 15.0. The summed E-state index contributed by atoms with van der Waals surface area (Å²) in [7, 11) is -0.665. The van der Waals surface area contributed by atoms with Crippen LogP contribution in [0.4, 0.5) is 0 Å². The number of fused-ring (bicyclic) bond motifs is 2. The summed E-state index contributed by atoms with van der Waals surface area (Å²) in [5, 5.41) is 17.3. The number of allylic oxidation sites excluding steroid dienone is 4. The van der Waals surface area contributed by atoms with Gasteiger partial charge in [0.05, 0.1) is 0 Å². The summed E-state index contributed by atoms with van der Waals surface area (Å²) in [5.41, 5.74) is 3.19. The molecule has 0 saturated carbocycles. The van der Waals surface area contributed by atoms with E-state index in [4.69, 9.17) is 0 Å². The van der Waals surface area contributed by atoms with Crippen molar-refractivity contribution in [3.63, 3.8) is 0 Å². The number of Topliss-reactive ketones (excluding diaryl/α,β-unsaturated/α-hetero) is 1. The van der Waals surface area contributed by atoms with Crippen molar-refractivity contribution in [1.82, 2.24) is 0 Å². The van der Waals surface area contributed by atoms with Crippen molar-refractivity contribution in [2.24, 2.45) is 5.41 Å². The second-order valence-electron chi connectivity index (χ2n) is 11.4. The summed E-state index contributed by atoms with van der Waals surface area (Å²) in [6, 6.07) is 29.2. The second-order valence-corrected chi connectivity index (χ2v) is 13.7. The van der Waals surface area contributed by atoms with Crippen LogP contribution >= 0.6 is 7.92 Å². The van der Waals surface area contributed by atoms with Crippen LogP contribution in [0.2, 0.25) is 0 Å². The van der Waals surface area contributed by atoms with Crippen molar-refractivity contribution in [2.75, 3.05) is 0 Å². The van der Waals surface area contributed by atoms with Crippen molar-refractivity contribution >= 4 is 29.9 Å². The molecule has 0 bridgehead atoms. The van der Waals surface area contributed by atoms with Gasteiger partial charge in [0, 0.05) is 11.1 Å². The molecule has 0 N–H and O–H groups in total. The standard InChI is InChI=1S/C22H24OP.C13H12O.Na/c1-21(2,3)22(23)16-10-15-20(17-22)24(18-11-6-4-7-12-18)19-13-8-5-9-14-19;14-13-11-7-3-1-5-9(11)10-6-2-4-8-12(10)13;/h4-16H,17H2,1-3H3;1,3,5,7H,2,4,6,8H2;/q-1;;+1. The Labute approximate surface area is 257 Å². The zero-order chi connectivity index (χ0) is 26.8. The minimum Gasteiger partial charge on any atom is -0.846 e. The van der Waals surface area contributed by atoms with Crippen molar-refractivity contribution < 1.29 is 39.5 Å². The third-order valence-electron chi connectivity index (χ3n) is 7.92. The van der Waals surface area contributed by atoms with Crippen LogP contribution in [0.15, 0.2) is 114 Å². The maximum atomic E-state index is 13.4. The van der Waals surface area contributed by atoms with E-state index in [9.17, 15) is 9.90 Å². The molecule has 3 aromatic carbocycles. The molecule has 2 nitrogen and oxygen atoms in total. The third-order valence-corrected chi connectivity index (χ3v) is 10.4. The Hall–Kier alpha value is -2.06. The molecule has 0 aliphatic heterocycles. The summed E-state index contributed by atoms with van der Waals surface area (Å²) in [6.45, 7) is 6.13. The second kappa shape index (κ2) is 12.6. The van der Waals surface area contributed by atoms with Gasteiger partial charge in [0.1, 0.15) is 0 Å². The quantitative estimate of drug-likeness (QED) is 0.365. The maximum absolute atomic E-state index is 13.4. The Morgan fingerprint density at radius 2 is 1.26 bits per heavy atom. The van der Waals surface area contributed by atoms with Gasteiger partial charge in [0.15, 0.2) is 5.78 Å². The third kappa shape index (κ3) is 6.32. The van der Waals surface area contributed by atoms with Crippen molar-refractivity contribution in [2.45, 2.75) is 58.5 Å². The fraction of sp³-hybridized carbons (Fsp3) is 0.286. The molecule has 4 heteroatoms. The average Bonchev–Trinajstić information content (AvgIpc) is 3.22. The van der Waals surface area contributed by atoms with Crippen LogP contribution in [0.25, 0.3) is 5.57 Å². The van der Waals surface area contributed by atoms with Gasteiger partial charge in [-0.05, 0) is 72.5 Å². The van der Waals surface area contributed by atoms with E-state index in [0.717, 1.165) is 24.0 Å². The first kappa shape index (κ1) is 29.9. The molecule has 0 spiro atoms. The van der Waals surface area contributed by atoms with E-state index in [1.165, 1.54) is 39.9 Å². The predicted octanol–water partition coefficient (Wildman–Crippen LogP) is 4.32.